The van der Waals surface area contributed by atoms with Crippen molar-refractivity contribution in [3.8, 4) is 0 Å². The molecule has 3 rings (SSSR count). The second-order valence-corrected chi connectivity index (χ2v) is 7.29. The summed E-state index contributed by atoms with van der Waals surface area (Å²) in [6, 6.07) is 9.26. The smallest absolute Gasteiger partial charge is 0.335 e. The Morgan fingerprint density at radius 2 is 2.04 bits per heavy atom. The first-order valence-electron chi connectivity index (χ1n) is 8.17. The van der Waals surface area contributed by atoms with Crippen molar-refractivity contribution in [3.63, 3.8) is 0 Å². The third-order valence-corrected chi connectivity index (χ3v) is 5.62. The number of carbonyl (C=O) groups excluding carboxylic acids is 1. The van der Waals surface area contributed by atoms with Crippen LogP contribution in [-0.2, 0) is 6.54 Å². The van der Waals surface area contributed by atoms with E-state index in [0.29, 0.717) is 11.5 Å². The largest absolute Gasteiger partial charge is 0.478 e. The number of aromatic carboxylic acids is 1. The summed E-state index contributed by atoms with van der Waals surface area (Å²) in [5.41, 5.74) is 2.74. The number of carbonyl (C=O) groups is 2. The summed E-state index contributed by atoms with van der Waals surface area (Å²) in [5.74, 6) is -0.320. The van der Waals surface area contributed by atoms with E-state index in [2.05, 4.69) is 10.3 Å². The molecule has 0 spiro atoms. The van der Waals surface area contributed by atoms with Crippen molar-refractivity contribution in [1.29, 1.82) is 0 Å². The second-order valence-electron chi connectivity index (χ2n) is 6.38. The fourth-order valence-corrected chi connectivity index (χ4v) is 4.08. The topological polar surface area (TPSA) is 57.6 Å². The maximum atomic E-state index is 11.4. The minimum Gasteiger partial charge on any atom is -0.478 e. The fourth-order valence-electron chi connectivity index (χ4n) is 3.27. The first-order valence-corrected chi connectivity index (χ1v) is 9.05. The Morgan fingerprint density at radius 1 is 1.29 bits per heavy atom. The number of benzene rings is 1. The molecule has 0 radical (unpaired) electrons. The number of carboxylic acids is 1. The molecule has 0 unspecified atom stereocenters. The van der Waals surface area contributed by atoms with E-state index < -0.39 is 5.97 Å². The molecule has 126 valence electrons. The molecule has 1 aliphatic rings. The zero-order valence-corrected chi connectivity index (χ0v) is 14.5. The Kier molecular flexibility index (Phi) is 5.11. The lowest BCUT2D eigenvalue weighted by Gasteiger charge is -2.32. The maximum Gasteiger partial charge on any atom is 0.335 e. The molecule has 1 atom stereocenters. The van der Waals surface area contributed by atoms with E-state index in [1.54, 1.807) is 19.1 Å². The summed E-state index contributed by atoms with van der Waals surface area (Å²) in [6.45, 7) is 4.51. The van der Waals surface area contributed by atoms with E-state index in [0.717, 1.165) is 37.4 Å². The SMILES string of the molecule is CC(=O)c1cc(CN2CCC[C@H](c3ccc(C(=O)O)cc3)C2)cs1. The lowest BCUT2D eigenvalue weighted by atomic mass is 9.90. The Labute approximate surface area is 145 Å². The summed E-state index contributed by atoms with van der Waals surface area (Å²) in [7, 11) is 0. The van der Waals surface area contributed by atoms with E-state index in [4.69, 9.17) is 5.11 Å². The van der Waals surface area contributed by atoms with Crippen molar-refractivity contribution in [2.75, 3.05) is 13.1 Å². The quantitative estimate of drug-likeness (QED) is 0.833. The summed E-state index contributed by atoms with van der Waals surface area (Å²) in [5, 5.41) is 11.1. The third-order valence-electron chi connectivity index (χ3n) is 4.54. The van der Waals surface area contributed by atoms with Gasteiger partial charge >= 0.3 is 5.97 Å². The molecule has 2 heterocycles. The van der Waals surface area contributed by atoms with Crippen molar-refractivity contribution >= 4 is 23.1 Å². The molecule has 1 aromatic carbocycles. The average molecular weight is 343 g/mol. The minimum atomic E-state index is -0.884. The van der Waals surface area contributed by atoms with Crippen molar-refractivity contribution in [2.45, 2.75) is 32.2 Å². The van der Waals surface area contributed by atoms with E-state index in [9.17, 15) is 9.59 Å². The number of hydrogen-bond acceptors (Lipinski definition) is 4. The predicted molar refractivity (Wildman–Crippen MR) is 95.0 cm³/mol. The molecule has 5 heteroatoms. The number of piperidine rings is 1. The van der Waals surface area contributed by atoms with Crippen LogP contribution in [0.1, 0.15) is 56.8 Å². The van der Waals surface area contributed by atoms with Gasteiger partial charge in [-0.1, -0.05) is 12.1 Å². The number of carboxylic acid groups (broad SMARTS) is 1. The van der Waals surface area contributed by atoms with Crippen LogP contribution in [0.15, 0.2) is 35.7 Å². The van der Waals surface area contributed by atoms with Gasteiger partial charge in [0, 0.05) is 13.1 Å². The minimum absolute atomic E-state index is 0.126. The monoisotopic (exact) mass is 343 g/mol. The number of likely N-dealkylation sites (tertiary alicyclic amines) is 1. The van der Waals surface area contributed by atoms with Crippen LogP contribution in [0.2, 0.25) is 0 Å². The Balaban J connectivity index is 1.65. The van der Waals surface area contributed by atoms with Gasteiger partial charge in [-0.25, -0.2) is 4.79 Å². The lowest BCUT2D eigenvalue weighted by molar-refractivity contribution is 0.0696. The van der Waals surface area contributed by atoms with Gasteiger partial charge in [-0.05, 0) is 66.9 Å². The highest BCUT2D eigenvalue weighted by molar-refractivity contribution is 7.12. The molecule has 1 aliphatic heterocycles. The van der Waals surface area contributed by atoms with Crippen LogP contribution in [0.3, 0.4) is 0 Å². The summed E-state index contributed by atoms with van der Waals surface area (Å²) in [6.07, 6.45) is 2.26. The van der Waals surface area contributed by atoms with Crippen LogP contribution >= 0.6 is 11.3 Å². The molecule has 0 amide bonds. The van der Waals surface area contributed by atoms with Crippen LogP contribution < -0.4 is 0 Å². The van der Waals surface area contributed by atoms with E-state index in [1.165, 1.54) is 22.5 Å². The summed E-state index contributed by atoms with van der Waals surface area (Å²) >= 11 is 1.52. The van der Waals surface area contributed by atoms with E-state index in [-0.39, 0.29) is 5.78 Å². The van der Waals surface area contributed by atoms with Crippen molar-refractivity contribution in [2.24, 2.45) is 0 Å². The van der Waals surface area contributed by atoms with Crippen molar-refractivity contribution in [1.82, 2.24) is 4.90 Å². The molecule has 0 aliphatic carbocycles. The third kappa shape index (κ3) is 3.91. The maximum absolute atomic E-state index is 11.4. The molecule has 0 saturated carbocycles. The molecule has 1 fully saturated rings. The summed E-state index contributed by atoms with van der Waals surface area (Å²) < 4.78 is 0. The average Bonchev–Trinajstić information content (AvgIpc) is 3.04. The first-order chi connectivity index (χ1) is 11.5. The molecule has 1 N–H and O–H groups in total. The van der Waals surface area contributed by atoms with Crippen molar-refractivity contribution in [3.05, 3.63) is 57.3 Å². The Hall–Kier alpha value is -1.98. The van der Waals surface area contributed by atoms with Gasteiger partial charge in [-0.2, -0.15) is 0 Å². The Morgan fingerprint density at radius 3 is 2.67 bits per heavy atom. The number of hydrogen-bond donors (Lipinski definition) is 1. The van der Waals surface area contributed by atoms with Crippen LogP contribution in [0, 0.1) is 0 Å². The molecule has 2 aromatic rings. The predicted octanol–water partition coefficient (Wildman–Crippen LogP) is 4.03. The summed E-state index contributed by atoms with van der Waals surface area (Å²) in [4.78, 5) is 25.6. The normalized spacial score (nSPS) is 18.5. The number of ketones is 1. The van der Waals surface area contributed by atoms with Gasteiger partial charge in [0.05, 0.1) is 10.4 Å². The standard InChI is InChI=1S/C19H21NO3S/c1-13(21)18-9-14(12-24-18)10-20-8-2-3-17(11-20)15-4-6-16(7-5-15)19(22)23/h4-7,9,12,17H,2-3,8,10-11H2,1H3,(H,22,23)/t17-/m0/s1. The lowest BCUT2D eigenvalue weighted by Crippen LogP contribution is -2.33. The molecule has 1 aromatic heterocycles. The van der Waals surface area contributed by atoms with Gasteiger partial charge < -0.3 is 5.11 Å². The van der Waals surface area contributed by atoms with Gasteiger partial charge in [0.15, 0.2) is 5.78 Å². The first kappa shape index (κ1) is 16.9. The number of Topliss-reactive ketones (excluding diaryl/α,β-unsaturated/α-hetero) is 1. The van der Waals surface area contributed by atoms with Crippen LogP contribution in [0.25, 0.3) is 0 Å². The van der Waals surface area contributed by atoms with Gasteiger partial charge in [0.1, 0.15) is 0 Å². The van der Waals surface area contributed by atoms with Crippen LogP contribution in [0.5, 0.6) is 0 Å². The number of thiophene rings is 1. The van der Waals surface area contributed by atoms with Gasteiger partial charge in [0.25, 0.3) is 0 Å². The highest BCUT2D eigenvalue weighted by Crippen LogP contribution is 2.28. The fraction of sp³-hybridized carbons (Fsp3) is 0.368. The van der Waals surface area contributed by atoms with Crippen LogP contribution in [-0.4, -0.2) is 34.8 Å². The molecular weight excluding hydrogens is 322 g/mol. The second kappa shape index (κ2) is 7.28. The number of rotatable bonds is 5. The van der Waals surface area contributed by atoms with E-state index in [1.807, 2.05) is 18.2 Å². The molecular formula is C19H21NO3S. The van der Waals surface area contributed by atoms with E-state index >= 15 is 0 Å². The molecule has 4 nitrogen and oxygen atoms in total. The molecule has 24 heavy (non-hydrogen) atoms. The number of nitrogens with zero attached hydrogens (tertiary/aromatic N) is 1. The van der Waals surface area contributed by atoms with Gasteiger partial charge in [0.2, 0.25) is 0 Å². The highest BCUT2D eigenvalue weighted by atomic mass is 32.1. The Bertz CT molecular complexity index is 735. The zero-order valence-electron chi connectivity index (χ0n) is 13.7. The molecule has 0 bridgehead atoms. The zero-order chi connectivity index (χ0) is 17.1. The molecule has 1 saturated heterocycles. The van der Waals surface area contributed by atoms with Crippen molar-refractivity contribution < 1.29 is 14.7 Å². The van der Waals surface area contributed by atoms with Crippen LogP contribution in [0.4, 0.5) is 0 Å². The van der Waals surface area contributed by atoms with Gasteiger partial charge in [-0.3, -0.25) is 9.69 Å². The van der Waals surface area contributed by atoms with Gasteiger partial charge in [-0.15, -0.1) is 11.3 Å². The highest BCUT2D eigenvalue weighted by Gasteiger charge is 2.22.